The molecule has 17 heavy (non-hydrogen) atoms. The summed E-state index contributed by atoms with van der Waals surface area (Å²) in [4.78, 5) is 0. The Balaban J connectivity index is 2.02. The predicted octanol–water partition coefficient (Wildman–Crippen LogP) is 5.02. The highest BCUT2D eigenvalue weighted by molar-refractivity contribution is 14.1. The van der Waals surface area contributed by atoms with E-state index in [9.17, 15) is 0 Å². The van der Waals surface area contributed by atoms with Gasteiger partial charge >= 0.3 is 0 Å². The summed E-state index contributed by atoms with van der Waals surface area (Å²) >= 11 is 5.96. The van der Waals surface area contributed by atoms with Crippen LogP contribution in [0, 0.1) is 9.49 Å². The molecular weight excluding hydrogens is 389 g/mol. The van der Waals surface area contributed by atoms with E-state index in [4.69, 9.17) is 5.73 Å². The van der Waals surface area contributed by atoms with Crippen LogP contribution >= 0.6 is 38.5 Å². The number of nitrogens with two attached hydrogens (primary N) is 1. The molecule has 1 saturated carbocycles. The molecule has 1 unspecified atom stereocenters. The molecule has 0 saturated heterocycles. The van der Waals surface area contributed by atoms with Crippen LogP contribution in [0.15, 0.2) is 22.7 Å². The average Bonchev–Trinajstić information content (AvgIpc) is 2.33. The molecule has 0 spiro atoms. The molecule has 2 N–H and O–H groups in total. The van der Waals surface area contributed by atoms with Crippen molar-refractivity contribution in [3.8, 4) is 0 Å². The molecule has 1 aliphatic rings. The van der Waals surface area contributed by atoms with Crippen molar-refractivity contribution in [1.82, 2.24) is 0 Å². The number of rotatable bonds is 3. The number of halogens is 2. The van der Waals surface area contributed by atoms with Crippen LogP contribution in [0.5, 0.6) is 0 Å². The van der Waals surface area contributed by atoms with Crippen LogP contribution < -0.4 is 5.73 Å². The zero-order valence-electron chi connectivity index (χ0n) is 9.96. The normalized spacial score (nSPS) is 19.2. The van der Waals surface area contributed by atoms with Crippen molar-refractivity contribution in [3.63, 3.8) is 0 Å². The third kappa shape index (κ3) is 3.93. The van der Waals surface area contributed by atoms with Crippen LogP contribution in [-0.4, -0.2) is 0 Å². The second-order valence-electron chi connectivity index (χ2n) is 5.01. The Morgan fingerprint density at radius 3 is 2.71 bits per heavy atom. The lowest BCUT2D eigenvalue weighted by Gasteiger charge is -2.25. The molecule has 0 heterocycles. The second-order valence-corrected chi connectivity index (χ2v) is 7.11. The molecule has 1 fully saturated rings. The van der Waals surface area contributed by atoms with Crippen LogP contribution in [-0.2, 0) is 0 Å². The van der Waals surface area contributed by atoms with E-state index in [2.05, 4.69) is 56.7 Å². The molecule has 0 aliphatic heterocycles. The summed E-state index contributed by atoms with van der Waals surface area (Å²) < 4.78 is 2.42. The smallest absolute Gasteiger partial charge is 0.0309 e. The number of hydrogen-bond donors (Lipinski definition) is 1. The van der Waals surface area contributed by atoms with Gasteiger partial charge in [-0.05, 0) is 58.7 Å². The van der Waals surface area contributed by atoms with Crippen LogP contribution in [0.2, 0.25) is 0 Å². The number of hydrogen-bond acceptors (Lipinski definition) is 1. The Morgan fingerprint density at radius 1 is 1.29 bits per heavy atom. The fourth-order valence-electron chi connectivity index (χ4n) is 2.71. The van der Waals surface area contributed by atoms with E-state index in [1.807, 2.05) is 0 Å². The molecule has 0 amide bonds. The lowest BCUT2D eigenvalue weighted by atomic mass is 9.83. The van der Waals surface area contributed by atoms with Crippen molar-refractivity contribution in [3.05, 3.63) is 31.8 Å². The van der Waals surface area contributed by atoms with Crippen molar-refractivity contribution in [2.45, 2.75) is 44.6 Å². The maximum Gasteiger partial charge on any atom is 0.0309 e. The summed E-state index contributed by atoms with van der Waals surface area (Å²) in [6, 6.07) is 6.61. The zero-order valence-corrected chi connectivity index (χ0v) is 13.7. The van der Waals surface area contributed by atoms with Crippen LogP contribution in [0.3, 0.4) is 0 Å². The van der Waals surface area contributed by atoms with E-state index in [1.165, 1.54) is 41.2 Å². The van der Waals surface area contributed by atoms with Crippen molar-refractivity contribution < 1.29 is 0 Å². The van der Waals surface area contributed by atoms with Gasteiger partial charge in [-0.1, -0.05) is 48.0 Å². The Bertz CT molecular complexity index is 374. The van der Waals surface area contributed by atoms with Crippen molar-refractivity contribution >= 4 is 38.5 Å². The van der Waals surface area contributed by atoms with E-state index in [1.54, 1.807) is 0 Å². The van der Waals surface area contributed by atoms with Gasteiger partial charge in [0.25, 0.3) is 0 Å². The van der Waals surface area contributed by atoms with E-state index < -0.39 is 0 Å². The van der Waals surface area contributed by atoms with E-state index >= 15 is 0 Å². The highest BCUT2D eigenvalue weighted by Gasteiger charge is 2.19. The summed E-state index contributed by atoms with van der Waals surface area (Å²) in [5.41, 5.74) is 7.63. The first-order chi connectivity index (χ1) is 8.16. The lowest BCUT2D eigenvalue weighted by Crippen LogP contribution is -2.18. The first-order valence-electron chi connectivity index (χ1n) is 6.37. The first kappa shape index (κ1) is 13.8. The van der Waals surface area contributed by atoms with E-state index in [-0.39, 0.29) is 6.04 Å². The number of benzene rings is 1. The monoisotopic (exact) mass is 407 g/mol. The standard InChI is InChI=1S/C14H19BrIN/c15-13-7-6-11(16)9-12(13)14(17)8-10-4-2-1-3-5-10/h6-7,9-10,14H,1-5,8,17H2. The van der Waals surface area contributed by atoms with Gasteiger partial charge in [-0.15, -0.1) is 0 Å². The third-order valence-electron chi connectivity index (χ3n) is 3.67. The summed E-state index contributed by atoms with van der Waals surface area (Å²) in [5.74, 6) is 0.837. The van der Waals surface area contributed by atoms with Gasteiger partial charge in [-0.3, -0.25) is 0 Å². The van der Waals surface area contributed by atoms with Crippen molar-refractivity contribution in [2.24, 2.45) is 11.7 Å². The fourth-order valence-corrected chi connectivity index (χ4v) is 3.76. The predicted molar refractivity (Wildman–Crippen MR) is 85.0 cm³/mol. The fraction of sp³-hybridized carbons (Fsp3) is 0.571. The largest absolute Gasteiger partial charge is 0.324 e. The van der Waals surface area contributed by atoms with Gasteiger partial charge in [0.2, 0.25) is 0 Å². The van der Waals surface area contributed by atoms with Gasteiger partial charge in [0.05, 0.1) is 0 Å². The van der Waals surface area contributed by atoms with Crippen LogP contribution in [0.25, 0.3) is 0 Å². The third-order valence-corrected chi connectivity index (χ3v) is 5.06. The van der Waals surface area contributed by atoms with Crippen molar-refractivity contribution in [2.75, 3.05) is 0 Å². The van der Waals surface area contributed by atoms with Gasteiger partial charge in [-0.25, -0.2) is 0 Å². The van der Waals surface area contributed by atoms with E-state index in [0.717, 1.165) is 16.8 Å². The molecule has 1 atom stereocenters. The molecule has 0 radical (unpaired) electrons. The Morgan fingerprint density at radius 2 is 2.00 bits per heavy atom. The molecule has 1 aromatic rings. The lowest BCUT2D eigenvalue weighted by molar-refractivity contribution is 0.319. The molecule has 1 aromatic carbocycles. The summed E-state index contributed by atoms with van der Waals surface area (Å²) in [6.07, 6.45) is 8.08. The van der Waals surface area contributed by atoms with Gasteiger partial charge in [0.1, 0.15) is 0 Å². The molecule has 2 rings (SSSR count). The van der Waals surface area contributed by atoms with Gasteiger partial charge in [0, 0.05) is 14.1 Å². The highest BCUT2D eigenvalue weighted by atomic mass is 127. The summed E-state index contributed by atoms with van der Waals surface area (Å²) in [6.45, 7) is 0. The molecule has 1 nitrogen and oxygen atoms in total. The van der Waals surface area contributed by atoms with E-state index in [0.29, 0.717) is 0 Å². The molecular formula is C14H19BrIN. The summed E-state index contributed by atoms with van der Waals surface area (Å²) in [5, 5.41) is 0. The Kier molecular flexibility index (Phi) is 5.30. The second kappa shape index (κ2) is 6.53. The minimum absolute atomic E-state index is 0.183. The SMILES string of the molecule is NC(CC1CCCCC1)c1cc(I)ccc1Br. The quantitative estimate of drug-likeness (QED) is 0.699. The van der Waals surface area contributed by atoms with Crippen molar-refractivity contribution in [1.29, 1.82) is 0 Å². The molecule has 1 aliphatic carbocycles. The minimum atomic E-state index is 0.183. The molecule has 0 bridgehead atoms. The highest BCUT2D eigenvalue weighted by Crippen LogP contribution is 2.33. The zero-order chi connectivity index (χ0) is 12.3. The topological polar surface area (TPSA) is 26.0 Å². The maximum absolute atomic E-state index is 6.36. The average molecular weight is 408 g/mol. The van der Waals surface area contributed by atoms with Crippen LogP contribution in [0.1, 0.15) is 50.1 Å². The first-order valence-corrected chi connectivity index (χ1v) is 8.24. The van der Waals surface area contributed by atoms with Gasteiger partial charge < -0.3 is 5.73 Å². The maximum atomic E-state index is 6.36. The Hall–Kier alpha value is 0.390. The Labute approximate surface area is 126 Å². The van der Waals surface area contributed by atoms with Gasteiger partial charge in [0.15, 0.2) is 0 Å². The van der Waals surface area contributed by atoms with Crippen LogP contribution in [0.4, 0.5) is 0 Å². The van der Waals surface area contributed by atoms with Gasteiger partial charge in [-0.2, -0.15) is 0 Å². The molecule has 94 valence electrons. The molecule has 0 aromatic heterocycles. The summed E-state index contributed by atoms with van der Waals surface area (Å²) in [7, 11) is 0. The minimum Gasteiger partial charge on any atom is -0.324 e. The molecule has 3 heteroatoms.